The third kappa shape index (κ3) is 2.40. The maximum Gasteiger partial charge on any atom is 0.253 e. The van der Waals surface area contributed by atoms with Crippen molar-refractivity contribution >= 4 is 34.1 Å². The van der Waals surface area contributed by atoms with Gasteiger partial charge in [-0.05, 0) is 31.2 Å². The number of carbonyl (C=O) groups is 1. The third-order valence-corrected chi connectivity index (χ3v) is 5.19. The van der Waals surface area contributed by atoms with Crippen LogP contribution in [0.4, 0.5) is 10.1 Å². The molecule has 1 unspecified atom stereocenters. The number of benzene rings is 1. The van der Waals surface area contributed by atoms with Crippen molar-refractivity contribution in [1.29, 1.82) is 0 Å². The zero-order valence-electron chi connectivity index (χ0n) is 10.9. The van der Waals surface area contributed by atoms with Crippen molar-refractivity contribution in [1.82, 2.24) is 4.72 Å². The zero-order valence-corrected chi connectivity index (χ0v) is 12.6. The molecule has 2 heterocycles. The molecular weight excluding hydrogens is 315 g/mol. The molecule has 0 saturated carbocycles. The van der Waals surface area contributed by atoms with Crippen LogP contribution < -0.4 is 9.03 Å². The topological polar surface area (TPSA) is 69.6 Å². The Morgan fingerprint density at radius 3 is 2.71 bits per heavy atom. The average molecular weight is 326 g/mol. The summed E-state index contributed by atoms with van der Waals surface area (Å²) in [6.07, 6.45) is 0. The number of nitrogens with zero attached hydrogens (tertiary/aromatic N) is 1. The molecule has 2 N–H and O–H groups in total. The molecule has 1 aromatic carbocycles. The van der Waals surface area contributed by atoms with Gasteiger partial charge in [0.1, 0.15) is 18.0 Å². The number of phenolic OH excluding ortho intramolecular Hbond substituents is 1. The van der Waals surface area contributed by atoms with E-state index in [4.69, 9.17) is 0 Å². The van der Waals surface area contributed by atoms with Gasteiger partial charge in [-0.3, -0.25) is 13.8 Å². The van der Waals surface area contributed by atoms with Gasteiger partial charge in [0, 0.05) is 15.3 Å². The number of aryl methyl sites for hydroxylation is 1. The Labute approximate surface area is 126 Å². The van der Waals surface area contributed by atoms with E-state index >= 15 is 0 Å². The maximum atomic E-state index is 14.7. The monoisotopic (exact) mass is 326 g/mol. The molecule has 1 saturated heterocycles. The van der Waals surface area contributed by atoms with E-state index in [1.807, 2.05) is 13.0 Å². The number of phenols is 1. The van der Waals surface area contributed by atoms with E-state index < -0.39 is 22.9 Å². The third-order valence-electron chi connectivity index (χ3n) is 3.04. The molecule has 0 radical (unpaired) electrons. The fourth-order valence-electron chi connectivity index (χ4n) is 2.10. The smallest absolute Gasteiger partial charge is 0.253 e. The number of hydrogen-bond acceptors (Lipinski definition) is 4. The van der Waals surface area contributed by atoms with Gasteiger partial charge in [0.05, 0.1) is 0 Å². The number of amides is 1. The van der Waals surface area contributed by atoms with Gasteiger partial charge in [-0.1, -0.05) is 0 Å². The lowest BCUT2D eigenvalue weighted by molar-refractivity contribution is -0.117. The molecule has 110 valence electrons. The lowest BCUT2D eigenvalue weighted by atomic mass is 10.1. The second kappa shape index (κ2) is 5.12. The summed E-state index contributed by atoms with van der Waals surface area (Å²) < 4.78 is 29.7. The number of halogens is 1. The summed E-state index contributed by atoms with van der Waals surface area (Å²) in [5, 5.41) is 9.88. The molecule has 0 aliphatic carbocycles. The molecular formula is C13H11FN2O3S2. The van der Waals surface area contributed by atoms with Gasteiger partial charge in [0.25, 0.3) is 5.91 Å². The average Bonchev–Trinajstić information content (AvgIpc) is 2.96. The Morgan fingerprint density at radius 2 is 2.14 bits per heavy atom. The van der Waals surface area contributed by atoms with Crippen molar-refractivity contribution in [3.63, 3.8) is 0 Å². The first kappa shape index (κ1) is 14.0. The Hall–Kier alpha value is -1.93. The quantitative estimate of drug-likeness (QED) is 0.888. The molecule has 0 spiro atoms. The van der Waals surface area contributed by atoms with E-state index in [0.29, 0.717) is 10.4 Å². The van der Waals surface area contributed by atoms with Crippen molar-refractivity contribution in [2.75, 3.05) is 10.8 Å². The number of nitrogens with one attached hydrogen (secondary N) is 1. The van der Waals surface area contributed by atoms with E-state index in [9.17, 15) is 18.5 Å². The lowest BCUT2D eigenvalue weighted by Gasteiger charge is -2.17. The van der Waals surface area contributed by atoms with Crippen LogP contribution in [0.1, 0.15) is 4.88 Å². The summed E-state index contributed by atoms with van der Waals surface area (Å²) in [7, 11) is 0. The normalized spacial score (nSPS) is 18.1. The number of thiophene rings is 1. The molecule has 1 aliphatic rings. The predicted octanol–water partition coefficient (Wildman–Crippen LogP) is 2.08. The molecule has 5 nitrogen and oxygen atoms in total. The van der Waals surface area contributed by atoms with Crippen molar-refractivity contribution in [3.8, 4) is 16.2 Å². The molecule has 1 aliphatic heterocycles. The van der Waals surface area contributed by atoms with Gasteiger partial charge in [-0.2, -0.15) is 0 Å². The second-order valence-corrected chi connectivity index (χ2v) is 6.95. The summed E-state index contributed by atoms with van der Waals surface area (Å²) in [6, 6.07) is 6.45. The summed E-state index contributed by atoms with van der Waals surface area (Å²) in [5.41, 5.74) is 0.0764. The maximum absolute atomic E-state index is 14.7. The van der Waals surface area contributed by atoms with Crippen LogP contribution in [0.25, 0.3) is 10.4 Å². The Morgan fingerprint density at radius 1 is 1.38 bits per heavy atom. The highest BCUT2D eigenvalue weighted by molar-refractivity contribution is 7.85. The van der Waals surface area contributed by atoms with Crippen LogP contribution in [0.15, 0.2) is 24.3 Å². The Bertz CT molecular complexity index is 760. The number of rotatable bonds is 2. The van der Waals surface area contributed by atoms with Crippen LogP contribution in [-0.2, 0) is 16.0 Å². The van der Waals surface area contributed by atoms with Gasteiger partial charge >= 0.3 is 0 Å². The summed E-state index contributed by atoms with van der Waals surface area (Å²) in [5.74, 6) is -1.53. The first-order valence-corrected chi connectivity index (χ1v) is 7.97. The second-order valence-electron chi connectivity index (χ2n) is 4.52. The minimum atomic E-state index is -1.88. The van der Waals surface area contributed by atoms with Gasteiger partial charge in [0.15, 0.2) is 5.82 Å². The van der Waals surface area contributed by atoms with Crippen molar-refractivity contribution in [3.05, 3.63) is 35.0 Å². The van der Waals surface area contributed by atoms with Crippen molar-refractivity contribution in [2.24, 2.45) is 0 Å². The number of hydrogen-bond donors (Lipinski definition) is 2. The molecule has 2 aromatic rings. The molecule has 21 heavy (non-hydrogen) atoms. The van der Waals surface area contributed by atoms with Crippen LogP contribution in [-0.4, -0.2) is 21.8 Å². The van der Waals surface area contributed by atoms with E-state index in [2.05, 4.69) is 4.72 Å². The summed E-state index contributed by atoms with van der Waals surface area (Å²) >= 11 is -0.470. The molecule has 1 aromatic heterocycles. The fourth-order valence-corrected chi connectivity index (χ4v) is 3.93. The molecule has 8 heteroatoms. The van der Waals surface area contributed by atoms with Crippen LogP contribution in [0.5, 0.6) is 5.75 Å². The van der Waals surface area contributed by atoms with Gasteiger partial charge in [-0.25, -0.2) is 8.60 Å². The zero-order chi connectivity index (χ0) is 15.1. The van der Waals surface area contributed by atoms with Crippen LogP contribution in [0.2, 0.25) is 0 Å². The Balaban J connectivity index is 2.13. The Kier molecular flexibility index (Phi) is 3.42. The van der Waals surface area contributed by atoms with Gasteiger partial charge in [-0.15, -0.1) is 11.3 Å². The highest BCUT2D eigenvalue weighted by Gasteiger charge is 2.32. The molecule has 0 bridgehead atoms. The largest absolute Gasteiger partial charge is 0.506 e. The van der Waals surface area contributed by atoms with Crippen molar-refractivity contribution in [2.45, 2.75) is 6.92 Å². The first-order chi connectivity index (χ1) is 9.97. The minimum absolute atomic E-state index is 0.227. The highest BCUT2D eigenvalue weighted by atomic mass is 32.2. The van der Waals surface area contributed by atoms with Crippen LogP contribution in [0, 0.1) is 12.7 Å². The van der Waals surface area contributed by atoms with E-state index in [1.165, 1.54) is 23.5 Å². The minimum Gasteiger partial charge on any atom is -0.506 e. The van der Waals surface area contributed by atoms with Crippen LogP contribution >= 0.6 is 11.3 Å². The fraction of sp³-hybridized carbons (Fsp3) is 0.154. The lowest BCUT2D eigenvalue weighted by Crippen LogP contribution is -2.23. The predicted molar refractivity (Wildman–Crippen MR) is 79.7 cm³/mol. The molecule has 1 atom stereocenters. The molecule has 1 amide bonds. The van der Waals surface area contributed by atoms with Gasteiger partial charge < -0.3 is 5.11 Å². The van der Waals surface area contributed by atoms with E-state index in [1.54, 1.807) is 6.07 Å². The summed E-state index contributed by atoms with van der Waals surface area (Å²) in [6.45, 7) is 1.65. The van der Waals surface area contributed by atoms with Crippen LogP contribution in [0.3, 0.4) is 0 Å². The number of anilines is 1. The van der Waals surface area contributed by atoms with Gasteiger partial charge in [0.2, 0.25) is 11.2 Å². The highest BCUT2D eigenvalue weighted by Crippen LogP contribution is 2.39. The molecule has 1 fully saturated rings. The van der Waals surface area contributed by atoms with Crippen molar-refractivity contribution < 1.29 is 18.5 Å². The number of carbonyl (C=O) groups excluding carboxylic acids is 1. The molecule has 3 rings (SSSR count). The SMILES string of the molecule is Cc1ccc(-c2ccc(O)c(N3CC(=O)NS3=O)c2F)s1. The summed E-state index contributed by atoms with van der Waals surface area (Å²) in [4.78, 5) is 13.0. The standard InChI is InChI=1S/C13H11FN2O3S2/c1-7-2-5-10(20-7)8-3-4-9(17)13(12(8)14)16-6-11(18)15-21(16)19/h2-5,17H,6H2,1H3,(H,15,18). The first-order valence-electron chi connectivity index (χ1n) is 6.04. The van der Waals surface area contributed by atoms with E-state index in [0.717, 1.165) is 9.18 Å². The number of aromatic hydroxyl groups is 1. The van der Waals surface area contributed by atoms with E-state index in [-0.39, 0.29) is 18.0 Å².